The number of nitrogens with zero attached hydrogens (tertiary/aromatic N) is 1. The topological polar surface area (TPSA) is 43.1 Å². The summed E-state index contributed by atoms with van der Waals surface area (Å²) in [6, 6.07) is 4.89. The molecule has 0 saturated carbocycles. The van der Waals surface area contributed by atoms with Gasteiger partial charge >= 0.3 is 0 Å². The number of nitro benzene ring substituents is 1. The van der Waals surface area contributed by atoms with E-state index in [9.17, 15) is 10.1 Å². The molecule has 77 valence electrons. The first-order valence-electron chi connectivity index (χ1n) is 4.47. The van der Waals surface area contributed by atoms with Gasteiger partial charge < -0.3 is 0 Å². The van der Waals surface area contributed by atoms with Gasteiger partial charge in [-0.2, -0.15) is 0 Å². The van der Waals surface area contributed by atoms with Gasteiger partial charge in [0.1, 0.15) is 0 Å². The summed E-state index contributed by atoms with van der Waals surface area (Å²) in [4.78, 5) is 10.3. The second-order valence-electron chi connectivity index (χ2n) is 3.08. The molecule has 3 heteroatoms. The fourth-order valence-corrected chi connectivity index (χ4v) is 1.40. The Hall–Kier alpha value is -1.90. The molecule has 0 bridgehead atoms. The maximum atomic E-state index is 10.8. The summed E-state index contributed by atoms with van der Waals surface area (Å²) >= 11 is 0. The minimum Gasteiger partial charge on any atom is -0.258 e. The number of benzene rings is 1. The Morgan fingerprint density at radius 2 is 2.07 bits per heavy atom. The molecule has 1 aromatic rings. The number of nitro groups is 1. The lowest BCUT2D eigenvalue weighted by atomic mass is 9.94. The maximum absolute atomic E-state index is 10.8. The van der Waals surface area contributed by atoms with Crippen molar-refractivity contribution in [2.45, 2.75) is 5.92 Å². The van der Waals surface area contributed by atoms with Gasteiger partial charge in [-0.05, 0) is 12.5 Å². The molecule has 1 radical (unpaired) electrons. The van der Waals surface area contributed by atoms with Crippen molar-refractivity contribution in [1.29, 1.82) is 0 Å². The zero-order valence-electron chi connectivity index (χ0n) is 8.35. The van der Waals surface area contributed by atoms with Crippen LogP contribution in [0.4, 0.5) is 5.69 Å². The highest BCUT2D eigenvalue weighted by molar-refractivity contribution is 5.64. The van der Waals surface area contributed by atoms with Crippen LogP contribution in [0.5, 0.6) is 0 Å². The maximum Gasteiger partial charge on any atom is 0.276 e. The minimum atomic E-state index is -0.420. The molecule has 1 atom stereocenters. The highest BCUT2D eigenvalue weighted by Gasteiger charge is 2.16. The van der Waals surface area contributed by atoms with Crippen LogP contribution in [0.1, 0.15) is 17.0 Å². The van der Waals surface area contributed by atoms with Crippen LogP contribution in [0.2, 0.25) is 0 Å². The van der Waals surface area contributed by atoms with E-state index in [0.717, 1.165) is 5.56 Å². The highest BCUT2D eigenvalue weighted by Crippen LogP contribution is 2.28. The van der Waals surface area contributed by atoms with Gasteiger partial charge in [-0.15, -0.1) is 6.58 Å². The third kappa shape index (κ3) is 2.13. The van der Waals surface area contributed by atoms with Crippen molar-refractivity contribution in [2.75, 3.05) is 0 Å². The van der Waals surface area contributed by atoms with Crippen LogP contribution in [0, 0.1) is 17.0 Å². The Kier molecular flexibility index (Phi) is 3.39. The summed E-state index contributed by atoms with van der Waals surface area (Å²) in [7, 11) is 0. The Labute approximate surface area is 88.9 Å². The molecular weight excluding hydrogens is 190 g/mol. The molecule has 15 heavy (non-hydrogen) atoms. The summed E-state index contributed by atoms with van der Waals surface area (Å²) in [6.45, 7) is 11.1. The van der Waals surface area contributed by atoms with E-state index in [4.69, 9.17) is 0 Å². The van der Waals surface area contributed by atoms with Gasteiger partial charge in [-0.1, -0.05) is 30.9 Å². The summed E-state index contributed by atoms with van der Waals surface area (Å²) in [5.74, 6) is -0.169. The van der Waals surface area contributed by atoms with Crippen LogP contribution in [-0.2, 0) is 0 Å². The van der Waals surface area contributed by atoms with E-state index in [2.05, 4.69) is 20.1 Å². The van der Waals surface area contributed by atoms with Crippen LogP contribution in [0.25, 0.3) is 6.08 Å². The Morgan fingerprint density at radius 1 is 1.40 bits per heavy atom. The smallest absolute Gasteiger partial charge is 0.258 e. The molecule has 0 amide bonds. The minimum absolute atomic E-state index is 0.0537. The van der Waals surface area contributed by atoms with Crippen molar-refractivity contribution in [1.82, 2.24) is 0 Å². The van der Waals surface area contributed by atoms with Crippen molar-refractivity contribution in [2.24, 2.45) is 0 Å². The Bertz CT molecular complexity index is 410. The van der Waals surface area contributed by atoms with E-state index in [-0.39, 0.29) is 11.6 Å². The van der Waals surface area contributed by atoms with Crippen molar-refractivity contribution < 1.29 is 4.92 Å². The standard InChI is InChI=1S/C12H12NO2/c1-4-9(3)11-7-6-8-12(13(14)15)10(11)5-2/h4-9H,1-3H2. The van der Waals surface area contributed by atoms with E-state index >= 15 is 0 Å². The molecule has 1 rings (SSSR count). The molecule has 0 aliphatic carbocycles. The van der Waals surface area contributed by atoms with Crippen LogP contribution in [0.3, 0.4) is 0 Å². The largest absolute Gasteiger partial charge is 0.276 e. The van der Waals surface area contributed by atoms with Crippen molar-refractivity contribution in [3.8, 4) is 0 Å². The molecule has 0 N–H and O–H groups in total. The van der Waals surface area contributed by atoms with Gasteiger partial charge in [0.2, 0.25) is 0 Å². The van der Waals surface area contributed by atoms with Gasteiger partial charge in [0.15, 0.2) is 0 Å². The number of hydrogen-bond donors (Lipinski definition) is 0. The van der Waals surface area contributed by atoms with Gasteiger partial charge in [-0.3, -0.25) is 10.1 Å². The first kappa shape index (κ1) is 11.2. The van der Waals surface area contributed by atoms with Crippen molar-refractivity contribution >= 4 is 11.8 Å². The predicted molar refractivity (Wildman–Crippen MR) is 61.5 cm³/mol. The van der Waals surface area contributed by atoms with Crippen molar-refractivity contribution in [3.63, 3.8) is 0 Å². The average Bonchev–Trinajstić information content (AvgIpc) is 2.26. The molecule has 0 aromatic heterocycles. The molecule has 0 aliphatic heterocycles. The van der Waals surface area contributed by atoms with Crippen LogP contribution in [0.15, 0.2) is 37.4 Å². The normalized spacial score (nSPS) is 11.8. The third-order valence-corrected chi connectivity index (χ3v) is 2.20. The molecule has 1 aromatic carbocycles. The number of rotatable bonds is 4. The fourth-order valence-electron chi connectivity index (χ4n) is 1.40. The summed E-state index contributed by atoms with van der Waals surface area (Å²) < 4.78 is 0. The SMILES string of the molecule is [CH2]C(C=C)c1cccc([N+](=O)[O-])c1C=C. The first-order valence-corrected chi connectivity index (χ1v) is 4.47. The molecular formula is C12H12NO2. The lowest BCUT2D eigenvalue weighted by Crippen LogP contribution is -1.98. The van der Waals surface area contributed by atoms with Gasteiger partial charge in [0, 0.05) is 12.0 Å². The van der Waals surface area contributed by atoms with E-state index in [1.54, 1.807) is 18.2 Å². The molecule has 1 unspecified atom stereocenters. The zero-order valence-corrected chi connectivity index (χ0v) is 8.35. The lowest BCUT2D eigenvalue weighted by Gasteiger charge is -2.10. The molecule has 0 fully saturated rings. The number of hydrogen-bond acceptors (Lipinski definition) is 2. The Balaban J connectivity index is 3.40. The summed E-state index contributed by atoms with van der Waals surface area (Å²) in [5.41, 5.74) is 1.34. The Morgan fingerprint density at radius 3 is 2.53 bits per heavy atom. The van der Waals surface area contributed by atoms with E-state index in [0.29, 0.717) is 5.56 Å². The lowest BCUT2D eigenvalue weighted by molar-refractivity contribution is -0.385. The molecule has 0 aliphatic rings. The van der Waals surface area contributed by atoms with E-state index in [1.165, 1.54) is 12.1 Å². The van der Waals surface area contributed by atoms with Crippen LogP contribution in [-0.4, -0.2) is 4.92 Å². The van der Waals surface area contributed by atoms with Gasteiger partial charge in [-0.25, -0.2) is 0 Å². The van der Waals surface area contributed by atoms with Crippen LogP contribution >= 0.6 is 0 Å². The summed E-state index contributed by atoms with van der Waals surface area (Å²) in [6.07, 6.45) is 3.13. The number of allylic oxidation sites excluding steroid dienone is 1. The molecule has 0 saturated heterocycles. The monoisotopic (exact) mass is 202 g/mol. The second-order valence-corrected chi connectivity index (χ2v) is 3.08. The van der Waals surface area contributed by atoms with Gasteiger partial charge in [0.25, 0.3) is 5.69 Å². The first-order chi connectivity index (χ1) is 7.11. The van der Waals surface area contributed by atoms with Gasteiger partial charge in [0.05, 0.1) is 10.5 Å². The zero-order chi connectivity index (χ0) is 11.4. The summed E-state index contributed by atoms with van der Waals surface area (Å²) in [5, 5.41) is 10.8. The predicted octanol–water partition coefficient (Wildman–Crippen LogP) is 3.34. The van der Waals surface area contributed by atoms with Crippen molar-refractivity contribution in [3.05, 3.63) is 65.6 Å². The van der Waals surface area contributed by atoms with E-state index < -0.39 is 4.92 Å². The second kappa shape index (κ2) is 4.55. The third-order valence-electron chi connectivity index (χ3n) is 2.20. The molecule has 3 nitrogen and oxygen atoms in total. The van der Waals surface area contributed by atoms with Crippen LogP contribution < -0.4 is 0 Å². The van der Waals surface area contributed by atoms with E-state index in [1.807, 2.05) is 0 Å². The fraction of sp³-hybridized carbons (Fsp3) is 0.0833. The highest BCUT2D eigenvalue weighted by atomic mass is 16.6. The average molecular weight is 202 g/mol. The molecule has 0 heterocycles. The molecule has 0 spiro atoms. The quantitative estimate of drug-likeness (QED) is 0.427.